The van der Waals surface area contributed by atoms with Crippen LogP contribution in [0.1, 0.15) is 90.2 Å². The molecule has 0 aliphatic heterocycles. The van der Waals surface area contributed by atoms with Crippen molar-refractivity contribution in [1.29, 1.82) is 0 Å². The van der Waals surface area contributed by atoms with E-state index in [0.717, 1.165) is 5.92 Å². The first-order valence-electron chi connectivity index (χ1n) is 8.27. The number of hydrogen-bond donors (Lipinski definition) is 0. The van der Waals surface area contributed by atoms with E-state index in [1.165, 1.54) is 31.2 Å². The minimum absolute atomic E-state index is 0.325. The zero-order chi connectivity index (χ0) is 15.0. The normalized spacial score (nSPS) is 18.7. The zero-order valence-electron chi connectivity index (χ0n) is 14.3. The molecule has 1 aromatic carbocycles. The molecule has 1 aliphatic carbocycles. The number of benzene rings is 1. The van der Waals surface area contributed by atoms with Crippen molar-refractivity contribution in [3.8, 4) is 0 Å². The third-order valence-electron chi connectivity index (χ3n) is 4.78. The minimum atomic E-state index is 0.325. The third kappa shape index (κ3) is 3.87. The molecule has 1 fully saturated rings. The van der Waals surface area contributed by atoms with Crippen molar-refractivity contribution in [1.82, 2.24) is 0 Å². The molecule has 112 valence electrons. The molecule has 20 heavy (non-hydrogen) atoms. The fraction of sp³-hybridized carbons (Fsp3) is 0.700. The van der Waals surface area contributed by atoms with Gasteiger partial charge in [-0.05, 0) is 53.1 Å². The van der Waals surface area contributed by atoms with Gasteiger partial charge in [-0.3, -0.25) is 0 Å². The molecule has 0 heteroatoms. The van der Waals surface area contributed by atoms with Crippen LogP contribution in [0.25, 0.3) is 0 Å². The Hall–Kier alpha value is -0.780. The van der Waals surface area contributed by atoms with E-state index < -0.39 is 0 Å². The molecule has 0 amide bonds. The molecule has 0 radical (unpaired) electrons. The summed E-state index contributed by atoms with van der Waals surface area (Å²) in [5.41, 5.74) is 3.79. The Labute approximate surface area is 126 Å². The number of rotatable bonds is 3. The van der Waals surface area contributed by atoms with Gasteiger partial charge < -0.3 is 0 Å². The summed E-state index contributed by atoms with van der Waals surface area (Å²) in [6, 6.07) is 9.58. The quantitative estimate of drug-likeness (QED) is 0.587. The van der Waals surface area contributed by atoms with Gasteiger partial charge in [-0.15, -0.1) is 0 Å². The Morgan fingerprint density at radius 2 is 1.50 bits per heavy atom. The molecule has 0 nitrogen and oxygen atoms in total. The summed E-state index contributed by atoms with van der Waals surface area (Å²) in [6.45, 7) is 14.2. The molecule has 0 aromatic heterocycles. The van der Waals surface area contributed by atoms with Gasteiger partial charge >= 0.3 is 0 Å². The summed E-state index contributed by atoms with van der Waals surface area (Å²) in [4.78, 5) is 0. The highest BCUT2D eigenvalue weighted by Gasteiger charge is 2.30. The first-order valence-corrected chi connectivity index (χ1v) is 8.27. The molecular formula is C20H32. The molecule has 0 saturated heterocycles. The minimum Gasteiger partial charge on any atom is -0.0602 e. The fourth-order valence-corrected chi connectivity index (χ4v) is 3.28. The van der Waals surface area contributed by atoms with E-state index >= 15 is 0 Å². The van der Waals surface area contributed by atoms with Crippen LogP contribution < -0.4 is 0 Å². The van der Waals surface area contributed by atoms with E-state index in [0.29, 0.717) is 16.7 Å². The summed E-state index contributed by atoms with van der Waals surface area (Å²) >= 11 is 0. The Morgan fingerprint density at radius 3 is 1.85 bits per heavy atom. The van der Waals surface area contributed by atoms with Crippen LogP contribution in [0.4, 0.5) is 0 Å². The maximum atomic E-state index is 2.40. The van der Waals surface area contributed by atoms with Gasteiger partial charge in [-0.1, -0.05) is 72.2 Å². The SMILES string of the molecule is CC(C)(C)CC(c1ccc(C2CCC2)cc1)C(C)(C)C. The van der Waals surface area contributed by atoms with Gasteiger partial charge in [0.15, 0.2) is 0 Å². The van der Waals surface area contributed by atoms with Crippen LogP contribution in [0, 0.1) is 10.8 Å². The van der Waals surface area contributed by atoms with Crippen molar-refractivity contribution in [2.24, 2.45) is 10.8 Å². The smallest absolute Gasteiger partial charge is 0.0108 e. The Morgan fingerprint density at radius 1 is 0.950 bits per heavy atom. The van der Waals surface area contributed by atoms with Crippen molar-refractivity contribution in [2.75, 3.05) is 0 Å². The summed E-state index contributed by atoms with van der Waals surface area (Å²) in [7, 11) is 0. The standard InChI is InChI=1S/C20H32/c1-19(2,3)14-18(20(4,5)6)17-12-10-16(11-13-17)15-8-7-9-15/h10-13,15,18H,7-9,14H2,1-6H3. The molecule has 1 atom stereocenters. The van der Waals surface area contributed by atoms with Crippen LogP contribution in [0.3, 0.4) is 0 Å². The van der Waals surface area contributed by atoms with Gasteiger partial charge in [-0.25, -0.2) is 0 Å². The predicted molar refractivity (Wildman–Crippen MR) is 89.3 cm³/mol. The average Bonchev–Trinajstić information content (AvgIpc) is 2.22. The molecule has 1 aromatic rings. The maximum absolute atomic E-state index is 2.40. The van der Waals surface area contributed by atoms with E-state index in [-0.39, 0.29) is 0 Å². The molecular weight excluding hydrogens is 240 g/mol. The van der Waals surface area contributed by atoms with Crippen molar-refractivity contribution in [3.05, 3.63) is 35.4 Å². The highest BCUT2D eigenvalue weighted by atomic mass is 14.3. The highest BCUT2D eigenvalue weighted by molar-refractivity contribution is 5.29. The van der Waals surface area contributed by atoms with E-state index in [2.05, 4.69) is 65.8 Å². The van der Waals surface area contributed by atoms with Crippen LogP contribution >= 0.6 is 0 Å². The van der Waals surface area contributed by atoms with Gasteiger partial charge in [0, 0.05) is 0 Å². The van der Waals surface area contributed by atoms with Gasteiger partial charge in [0.25, 0.3) is 0 Å². The Kier molecular flexibility index (Phi) is 4.33. The van der Waals surface area contributed by atoms with Crippen LogP contribution in [0.15, 0.2) is 24.3 Å². The largest absolute Gasteiger partial charge is 0.0602 e. The lowest BCUT2D eigenvalue weighted by Crippen LogP contribution is -2.24. The van der Waals surface area contributed by atoms with Crippen LogP contribution in [-0.2, 0) is 0 Å². The summed E-state index contributed by atoms with van der Waals surface area (Å²) < 4.78 is 0. The van der Waals surface area contributed by atoms with Crippen molar-refractivity contribution in [2.45, 2.75) is 79.1 Å². The predicted octanol–water partition coefficient (Wildman–Crippen LogP) is 6.52. The van der Waals surface area contributed by atoms with Crippen LogP contribution in [-0.4, -0.2) is 0 Å². The zero-order valence-corrected chi connectivity index (χ0v) is 14.3. The van der Waals surface area contributed by atoms with Crippen LogP contribution in [0.5, 0.6) is 0 Å². The van der Waals surface area contributed by atoms with Crippen molar-refractivity contribution >= 4 is 0 Å². The molecule has 1 saturated carbocycles. The molecule has 0 heterocycles. The van der Waals surface area contributed by atoms with Crippen molar-refractivity contribution in [3.63, 3.8) is 0 Å². The molecule has 1 unspecified atom stereocenters. The van der Waals surface area contributed by atoms with Gasteiger partial charge in [0.1, 0.15) is 0 Å². The summed E-state index contributed by atoms with van der Waals surface area (Å²) in [5, 5.41) is 0. The topological polar surface area (TPSA) is 0 Å². The number of hydrogen-bond acceptors (Lipinski definition) is 0. The van der Waals surface area contributed by atoms with Gasteiger partial charge in [0.05, 0.1) is 0 Å². The lowest BCUT2D eigenvalue weighted by Gasteiger charge is -2.36. The second-order valence-corrected chi connectivity index (χ2v) is 8.98. The Balaban J connectivity index is 2.20. The monoisotopic (exact) mass is 272 g/mol. The maximum Gasteiger partial charge on any atom is -0.0108 e. The summed E-state index contributed by atoms with van der Waals surface area (Å²) in [6.07, 6.45) is 5.45. The van der Waals surface area contributed by atoms with E-state index in [1.807, 2.05) is 0 Å². The molecule has 2 rings (SSSR count). The third-order valence-corrected chi connectivity index (χ3v) is 4.78. The second-order valence-electron chi connectivity index (χ2n) is 8.98. The molecule has 0 bridgehead atoms. The first-order chi connectivity index (χ1) is 9.17. The van der Waals surface area contributed by atoms with Crippen molar-refractivity contribution < 1.29 is 0 Å². The highest BCUT2D eigenvalue weighted by Crippen LogP contribution is 2.44. The molecule has 1 aliphatic rings. The van der Waals surface area contributed by atoms with E-state index in [9.17, 15) is 0 Å². The van der Waals surface area contributed by atoms with E-state index in [4.69, 9.17) is 0 Å². The fourth-order valence-electron chi connectivity index (χ4n) is 3.28. The van der Waals surface area contributed by atoms with Gasteiger partial charge in [-0.2, -0.15) is 0 Å². The van der Waals surface area contributed by atoms with Crippen LogP contribution in [0.2, 0.25) is 0 Å². The first kappa shape index (κ1) is 15.6. The Bertz CT molecular complexity index is 421. The lowest BCUT2D eigenvalue weighted by atomic mass is 9.69. The van der Waals surface area contributed by atoms with E-state index in [1.54, 1.807) is 5.56 Å². The average molecular weight is 272 g/mol. The molecule has 0 spiro atoms. The summed E-state index contributed by atoms with van der Waals surface area (Å²) in [5.74, 6) is 1.48. The lowest BCUT2D eigenvalue weighted by molar-refractivity contribution is 0.229. The van der Waals surface area contributed by atoms with Gasteiger partial charge in [0.2, 0.25) is 0 Å². The second kappa shape index (κ2) is 5.54. The molecule has 0 N–H and O–H groups in total.